The van der Waals surface area contributed by atoms with Gasteiger partial charge in [-0.1, -0.05) is 32.9 Å². The first kappa shape index (κ1) is 17.5. The summed E-state index contributed by atoms with van der Waals surface area (Å²) in [5.74, 6) is 0.675. The van der Waals surface area contributed by atoms with Crippen LogP contribution in [0.1, 0.15) is 53.1 Å². The van der Waals surface area contributed by atoms with Crippen LogP contribution in [0.15, 0.2) is 24.3 Å². The van der Waals surface area contributed by atoms with Crippen LogP contribution in [0.4, 0.5) is 0 Å². The largest absolute Gasteiger partial charge is 0.491 e. The Hall–Kier alpha value is -1.55. The van der Waals surface area contributed by atoms with E-state index in [1.165, 1.54) is 0 Å². The summed E-state index contributed by atoms with van der Waals surface area (Å²) in [4.78, 5) is 12.2. The molecule has 0 heterocycles. The van der Waals surface area contributed by atoms with Crippen molar-refractivity contribution in [1.82, 2.24) is 5.32 Å². The van der Waals surface area contributed by atoms with Crippen molar-refractivity contribution in [3.63, 3.8) is 0 Å². The molecule has 0 saturated heterocycles. The minimum Gasteiger partial charge on any atom is -0.491 e. The van der Waals surface area contributed by atoms with Gasteiger partial charge in [0, 0.05) is 0 Å². The minimum atomic E-state index is -0.532. The predicted octanol–water partition coefficient (Wildman–Crippen LogP) is 3.02. The highest BCUT2D eigenvalue weighted by Gasteiger charge is 2.28. The molecule has 4 heteroatoms. The molecule has 1 unspecified atom stereocenters. The van der Waals surface area contributed by atoms with Gasteiger partial charge in [0.25, 0.3) is 0 Å². The Balaban J connectivity index is 2.76. The lowest BCUT2D eigenvalue weighted by atomic mass is 9.86. The monoisotopic (exact) mass is 292 g/mol. The summed E-state index contributed by atoms with van der Waals surface area (Å²) >= 11 is 0. The van der Waals surface area contributed by atoms with Gasteiger partial charge in [0.05, 0.1) is 18.2 Å². The number of rotatable bonds is 5. The molecule has 2 atom stereocenters. The van der Waals surface area contributed by atoms with Crippen molar-refractivity contribution in [2.75, 3.05) is 0 Å². The Morgan fingerprint density at radius 3 is 2.38 bits per heavy atom. The second-order valence-corrected chi connectivity index (χ2v) is 6.81. The molecule has 0 fully saturated rings. The topological polar surface area (TPSA) is 64.3 Å². The van der Waals surface area contributed by atoms with Gasteiger partial charge in [0.1, 0.15) is 5.75 Å². The number of nitrogens with one attached hydrogen (secondary N) is 1. The van der Waals surface area contributed by atoms with Crippen LogP contribution in [0.25, 0.3) is 0 Å². The predicted molar refractivity (Wildman–Crippen MR) is 86.2 cm³/mol. The molecule has 1 amide bonds. The highest BCUT2D eigenvalue weighted by Crippen LogP contribution is 2.22. The number of carbonyl (C=O) groups is 1. The molecular formula is C17H28N2O2. The molecule has 0 aliphatic carbocycles. The van der Waals surface area contributed by atoms with Crippen molar-refractivity contribution >= 4 is 5.91 Å². The average molecular weight is 292 g/mol. The minimum absolute atomic E-state index is 0.110. The molecule has 0 radical (unpaired) electrons. The zero-order valence-corrected chi connectivity index (χ0v) is 13.9. The van der Waals surface area contributed by atoms with Gasteiger partial charge in [-0.05, 0) is 43.9 Å². The number of amides is 1. The Morgan fingerprint density at radius 2 is 1.86 bits per heavy atom. The molecular weight excluding hydrogens is 264 g/mol. The summed E-state index contributed by atoms with van der Waals surface area (Å²) in [6.07, 6.45) is 0.125. The fourth-order valence-electron chi connectivity index (χ4n) is 1.91. The molecule has 3 N–H and O–H groups in total. The van der Waals surface area contributed by atoms with Crippen LogP contribution in [-0.4, -0.2) is 18.1 Å². The number of hydrogen-bond acceptors (Lipinski definition) is 3. The molecule has 0 aliphatic heterocycles. The highest BCUT2D eigenvalue weighted by molar-refractivity contribution is 5.82. The molecule has 0 aliphatic rings. The van der Waals surface area contributed by atoms with Gasteiger partial charge in [0.15, 0.2) is 0 Å². The lowest BCUT2D eigenvalue weighted by Gasteiger charge is -2.27. The molecule has 4 nitrogen and oxygen atoms in total. The van der Waals surface area contributed by atoms with Crippen molar-refractivity contribution in [1.29, 1.82) is 0 Å². The van der Waals surface area contributed by atoms with Gasteiger partial charge in [-0.25, -0.2) is 0 Å². The SMILES string of the molecule is CC(C)Oc1cccc(C(C)NC(=O)[C@@H](N)C(C)(C)C)c1. The van der Waals surface area contributed by atoms with Crippen molar-refractivity contribution in [3.8, 4) is 5.75 Å². The smallest absolute Gasteiger partial charge is 0.237 e. The number of ether oxygens (including phenoxy) is 1. The fraction of sp³-hybridized carbons (Fsp3) is 0.588. The van der Waals surface area contributed by atoms with Crippen molar-refractivity contribution in [2.24, 2.45) is 11.1 Å². The molecule has 0 bridgehead atoms. The van der Waals surface area contributed by atoms with Crippen molar-refractivity contribution in [2.45, 2.75) is 59.7 Å². The summed E-state index contributed by atoms with van der Waals surface area (Å²) in [7, 11) is 0. The summed E-state index contributed by atoms with van der Waals surface area (Å²) in [5, 5.41) is 2.96. The first-order valence-corrected chi connectivity index (χ1v) is 7.44. The maximum Gasteiger partial charge on any atom is 0.237 e. The van der Waals surface area contributed by atoms with Gasteiger partial charge >= 0.3 is 0 Å². The van der Waals surface area contributed by atoms with E-state index in [-0.39, 0.29) is 23.5 Å². The summed E-state index contributed by atoms with van der Waals surface area (Å²) < 4.78 is 5.67. The summed E-state index contributed by atoms with van der Waals surface area (Å²) in [6, 6.07) is 7.13. The highest BCUT2D eigenvalue weighted by atomic mass is 16.5. The van der Waals surface area contributed by atoms with Gasteiger partial charge in [-0.3, -0.25) is 4.79 Å². The maximum absolute atomic E-state index is 12.2. The van der Waals surface area contributed by atoms with E-state index in [9.17, 15) is 4.79 Å². The molecule has 1 aromatic carbocycles. The van der Waals surface area contributed by atoms with Crippen LogP contribution in [0.3, 0.4) is 0 Å². The van der Waals surface area contributed by atoms with Gasteiger partial charge in [-0.15, -0.1) is 0 Å². The Kier molecular flexibility index (Phi) is 5.78. The Morgan fingerprint density at radius 1 is 1.24 bits per heavy atom. The number of benzene rings is 1. The van der Waals surface area contributed by atoms with E-state index < -0.39 is 6.04 Å². The zero-order chi connectivity index (χ0) is 16.2. The third-order valence-electron chi connectivity index (χ3n) is 3.30. The molecule has 0 saturated carbocycles. The molecule has 118 valence electrons. The lowest BCUT2D eigenvalue weighted by molar-refractivity contribution is -0.125. The summed E-state index contributed by atoms with van der Waals surface area (Å²) in [6.45, 7) is 11.8. The zero-order valence-electron chi connectivity index (χ0n) is 13.9. The summed E-state index contributed by atoms with van der Waals surface area (Å²) in [5.41, 5.74) is 6.72. The molecule has 21 heavy (non-hydrogen) atoms. The average Bonchev–Trinajstić information content (AvgIpc) is 2.36. The Labute approximate surface area is 128 Å². The molecule has 0 spiro atoms. The van der Waals surface area contributed by atoms with Crippen LogP contribution >= 0.6 is 0 Å². The van der Waals surface area contributed by atoms with E-state index in [1.807, 2.05) is 65.8 Å². The van der Waals surface area contributed by atoms with Gasteiger partial charge in [-0.2, -0.15) is 0 Å². The van der Waals surface area contributed by atoms with E-state index in [0.29, 0.717) is 0 Å². The van der Waals surface area contributed by atoms with Gasteiger partial charge < -0.3 is 15.8 Å². The van der Waals surface area contributed by atoms with Crippen LogP contribution in [0.2, 0.25) is 0 Å². The van der Waals surface area contributed by atoms with Crippen LogP contribution in [0, 0.1) is 5.41 Å². The third kappa shape index (κ3) is 5.38. The molecule has 1 rings (SSSR count). The fourth-order valence-corrected chi connectivity index (χ4v) is 1.91. The maximum atomic E-state index is 12.2. The van der Waals surface area contributed by atoms with E-state index in [0.717, 1.165) is 11.3 Å². The van der Waals surface area contributed by atoms with E-state index in [2.05, 4.69) is 5.32 Å². The van der Waals surface area contributed by atoms with E-state index >= 15 is 0 Å². The number of nitrogens with two attached hydrogens (primary N) is 1. The molecule has 1 aromatic rings. The standard InChI is InChI=1S/C17H28N2O2/c1-11(2)21-14-9-7-8-13(10-14)12(3)19-16(20)15(18)17(4,5)6/h7-12,15H,18H2,1-6H3,(H,19,20)/t12?,15-/m1/s1. The quantitative estimate of drug-likeness (QED) is 0.876. The van der Waals surface area contributed by atoms with E-state index in [1.54, 1.807) is 0 Å². The van der Waals surface area contributed by atoms with Crippen LogP contribution in [-0.2, 0) is 4.79 Å². The van der Waals surface area contributed by atoms with Crippen molar-refractivity contribution in [3.05, 3.63) is 29.8 Å². The number of hydrogen-bond donors (Lipinski definition) is 2. The Bertz CT molecular complexity index is 478. The second kappa shape index (κ2) is 6.94. The van der Waals surface area contributed by atoms with Crippen LogP contribution < -0.4 is 15.8 Å². The normalized spacial score (nSPS) is 14.7. The molecule has 0 aromatic heterocycles. The van der Waals surface area contributed by atoms with E-state index in [4.69, 9.17) is 10.5 Å². The first-order valence-electron chi connectivity index (χ1n) is 7.44. The first-order chi connectivity index (χ1) is 9.61. The number of carbonyl (C=O) groups excluding carboxylic acids is 1. The van der Waals surface area contributed by atoms with Gasteiger partial charge in [0.2, 0.25) is 5.91 Å². The van der Waals surface area contributed by atoms with Crippen molar-refractivity contribution < 1.29 is 9.53 Å². The van der Waals surface area contributed by atoms with Crippen LogP contribution in [0.5, 0.6) is 5.75 Å². The second-order valence-electron chi connectivity index (χ2n) is 6.81. The third-order valence-corrected chi connectivity index (χ3v) is 3.30. The lowest BCUT2D eigenvalue weighted by Crippen LogP contribution is -2.49.